The van der Waals surface area contributed by atoms with E-state index in [-0.39, 0.29) is 0 Å². The monoisotopic (exact) mass is 215 g/mol. The topological polar surface area (TPSA) is 41.6 Å². The van der Waals surface area contributed by atoms with Crippen molar-refractivity contribution in [2.24, 2.45) is 10.7 Å². The van der Waals surface area contributed by atoms with Crippen LogP contribution in [0.4, 0.5) is 0 Å². The Morgan fingerprint density at radius 1 is 1.29 bits per heavy atom. The molecule has 0 aliphatic carbocycles. The van der Waals surface area contributed by atoms with Crippen LogP contribution in [-0.4, -0.2) is 42.5 Å². The Morgan fingerprint density at radius 2 is 1.93 bits per heavy atom. The molecule has 1 saturated heterocycles. The Labute approximate surface area is 91.1 Å². The van der Waals surface area contributed by atoms with E-state index in [2.05, 4.69) is 16.1 Å². The first kappa shape index (κ1) is 11.7. The lowest BCUT2D eigenvalue weighted by Gasteiger charge is -2.20. The van der Waals surface area contributed by atoms with Gasteiger partial charge in [-0.25, -0.2) is 0 Å². The maximum atomic E-state index is 5.93. The van der Waals surface area contributed by atoms with Crippen molar-refractivity contribution in [2.45, 2.75) is 25.7 Å². The van der Waals surface area contributed by atoms with E-state index in [1.165, 1.54) is 25.7 Å². The summed E-state index contributed by atoms with van der Waals surface area (Å²) in [4.78, 5) is 6.61. The minimum Gasteiger partial charge on any atom is -0.370 e. The van der Waals surface area contributed by atoms with Gasteiger partial charge in [-0.15, -0.1) is 0 Å². The first-order valence-electron chi connectivity index (χ1n) is 5.38. The number of nitrogens with two attached hydrogens (primary N) is 1. The Hall–Kier alpha value is -0.380. The van der Waals surface area contributed by atoms with Crippen molar-refractivity contribution in [3.05, 3.63) is 0 Å². The standard InChI is InChI=1S/C10H21N3S/c1-14-9-6-12-10(11)13-7-4-2-3-5-8-13/h2-9H2,1H3,(H2,11,12). The number of aliphatic imine (C=N–C) groups is 1. The highest BCUT2D eigenvalue weighted by Crippen LogP contribution is 2.09. The van der Waals surface area contributed by atoms with Crippen LogP contribution in [0.15, 0.2) is 4.99 Å². The van der Waals surface area contributed by atoms with Gasteiger partial charge >= 0.3 is 0 Å². The van der Waals surface area contributed by atoms with Gasteiger partial charge in [-0.05, 0) is 19.1 Å². The second-order valence-electron chi connectivity index (χ2n) is 3.63. The maximum absolute atomic E-state index is 5.93. The molecule has 0 aromatic heterocycles. The van der Waals surface area contributed by atoms with Crippen molar-refractivity contribution >= 4 is 17.7 Å². The van der Waals surface area contributed by atoms with Gasteiger partial charge < -0.3 is 10.6 Å². The molecule has 1 heterocycles. The van der Waals surface area contributed by atoms with Crippen LogP contribution in [0.25, 0.3) is 0 Å². The number of hydrogen-bond donors (Lipinski definition) is 1. The van der Waals surface area contributed by atoms with Crippen molar-refractivity contribution in [3.8, 4) is 0 Å². The summed E-state index contributed by atoms with van der Waals surface area (Å²) in [5, 5.41) is 0. The van der Waals surface area contributed by atoms with Gasteiger partial charge in [-0.1, -0.05) is 12.8 Å². The summed E-state index contributed by atoms with van der Waals surface area (Å²) < 4.78 is 0. The lowest BCUT2D eigenvalue weighted by Crippen LogP contribution is -2.38. The predicted molar refractivity (Wildman–Crippen MR) is 64.9 cm³/mol. The number of nitrogens with zero attached hydrogens (tertiary/aromatic N) is 2. The third-order valence-corrected chi connectivity index (χ3v) is 3.09. The molecule has 1 rings (SSSR count). The zero-order valence-corrected chi connectivity index (χ0v) is 9.85. The third kappa shape index (κ3) is 4.22. The van der Waals surface area contributed by atoms with Crippen LogP contribution in [0.1, 0.15) is 25.7 Å². The van der Waals surface area contributed by atoms with Crippen LogP contribution in [0.2, 0.25) is 0 Å². The molecule has 1 aliphatic heterocycles. The SMILES string of the molecule is CSCCN=C(N)N1CCCCCC1. The normalized spacial score (nSPS) is 19.5. The Bertz CT molecular complexity index is 174. The molecule has 14 heavy (non-hydrogen) atoms. The van der Waals surface area contributed by atoms with E-state index in [1.54, 1.807) is 0 Å². The highest BCUT2D eigenvalue weighted by molar-refractivity contribution is 7.98. The summed E-state index contributed by atoms with van der Waals surface area (Å²) in [6.45, 7) is 3.03. The molecule has 0 aromatic rings. The van der Waals surface area contributed by atoms with Gasteiger partial charge in [0.25, 0.3) is 0 Å². The molecule has 1 fully saturated rings. The van der Waals surface area contributed by atoms with E-state index in [0.717, 1.165) is 31.3 Å². The van der Waals surface area contributed by atoms with Crippen LogP contribution in [0.5, 0.6) is 0 Å². The number of likely N-dealkylation sites (tertiary alicyclic amines) is 1. The van der Waals surface area contributed by atoms with Crippen molar-refractivity contribution in [3.63, 3.8) is 0 Å². The second kappa shape index (κ2) is 6.98. The number of rotatable bonds is 3. The summed E-state index contributed by atoms with van der Waals surface area (Å²) in [5.41, 5.74) is 5.93. The average Bonchev–Trinajstić information content (AvgIpc) is 2.46. The van der Waals surface area contributed by atoms with Crippen molar-refractivity contribution in [1.29, 1.82) is 0 Å². The van der Waals surface area contributed by atoms with Crippen LogP contribution >= 0.6 is 11.8 Å². The average molecular weight is 215 g/mol. The smallest absolute Gasteiger partial charge is 0.191 e. The number of hydrogen-bond acceptors (Lipinski definition) is 2. The summed E-state index contributed by atoms with van der Waals surface area (Å²) in [7, 11) is 0. The molecule has 2 N–H and O–H groups in total. The van der Waals surface area contributed by atoms with Gasteiger partial charge in [0.2, 0.25) is 0 Å². The minimum absolute atomic E-state index is 0.751. The molecule has 0 aromatic carbocycles. The Kier molecular flexibility index (Phi) is 5.83. The highest BCUT2D eigenvalue weighted by atomic mass is 32.2. The lowest BCUT2D eigenvalue weighted by atomic mass is 10.2. The number of thioether (sulfide) groups is 1. The Morgan fingerprint density at radius 3 is 2.50 bits per heavy atom. The predicted octanol–water partition coefficient (Wildman–Crippen LogP) is 1.54. The van der Waals surface area contributed by atoms with E-state index >= 15 is 0 Å². The van der Waals surface area contributed by atoms with Gasteiger partial charge in [-0.3, -0.25) is 4.99 Å². The lowest BCUT2D eigenvalue weighted by molar-refractivity contribution is 0.429. The molecule has 0 bridgehead atoms. The van der Waals surface area contributed by atoms with Crippen LogP contribution in [-0.2, 0) is 0 Å². The molecular formula is C10H21N3S. The molecule has 0 unspecified atom stereocenters. The van der Waals surface area contributed by atoms with Gasteiger partial charge in [-0.2, -0.15) is 11.8 Å². The van der Waals surface area contributed by atoms with E-state index in [9.17, 15) is 0 Å². The van der Waals surface area contributed by atoms with E-state index in [0.29, 0.717) is 0 Å². The van der Waals surface area contributed by atoms with Gasteiger partial charge in [0.15, 0.2) is 5.96 Å². The second-order valence-corrected chi connectivity index (χ2v) is 4.62. The molecule has 0 atom stereocenters. The van der Waals surface area contributed by atoms with Crippen molar-refractivity contribution < 1.29 is 0 Å². The largest absolute Gasteiger partial charge is 0.370 e. The van der Waals surface area contributed by atoms with E-state index < -0.39 is 0 Å². The fourth-order valence-corrected chi connectivity index (χ4v) is 1.93. The third-order valence-electron chi connectivity index (χ3n) is 2.50. The summed E-state index contributed by atoms with van der Waals surface area (Å²) in [6.07, 6.45) is 7.30. The van der Waals surface area contributed by atoms with Gasteiger partial charge in [0.1, 0.15) is 0 Å². The number of guanidine groups is 1. The molecule has 3 nitrogen and oxygen atoms in total. The molecule has 82 valence electrons. The molecular weight excluding hydrogens is 194 g/mol. The van der Waals surface area contributed by atoms with Crippen LogP contribution < -0.4 is 5.73 Å². The maximum Gasteiger partial charge on any atom is 0.191 e. The zero-order chi connectivity index (χ0) is 10.2. The molecule has 0 spiro atoms. The molecule has 0 saturated carbocycles. The van der Waals surface area contributed by atoms with E-state index in [1.807, 2.05) is 11.8 Å². The summed E-state index contributed by atoms with van der Waals surface area (Å²) in [6, 6.07) is 0. The molecule has 0 amide bonds. The molecule has 4 heteroatoms. The zero-order valence-electron chi connectivity index (χ0n) is 9.04. The minimum atomic E-state index is 0.751. The fraction of sp³-hybridized carbons (Fsp3) is 0.900. The Balaban J connectivity index is 2.32. The highest BCUT2D eigenvalue weighted by Gasteiger charge is 2.09. The first-order chi connectivity index (χ1) is 6.84. The molecule has 1 aliphatic rings. The van der Waals surface area contributed by atoms with Crippen LogP contribution in [0, 0.1) is 0 Å². The summed E-state index contributed by atoms with van der Waals surface area (Å²) in [5.74, 6) is 1.81. The van der Waals surface area contributed by atoms with Gasteiger partial charge in [0.05, 0.1) is 6.54 Å². The van der Waals surface area contributed by atoms with Gasteiger partial charge in [0, 0.05) is 18.8 Å². The van der Waals surface area contributed by atoms with Crippen molar-refractivity contribution in [1.82, 2.24) is 4.90 Å². The fourth-order valence-electron chi connectivity index (χ4n) is 1.65. The quantitative estimate of drug-likeness (QED) is 0.441. The summed E-state index contributed by atoms with van der Waals surface area (Å²) >= 11 is 1.81. The van der Waals surface area contributed by atoms with E-state index in [4.69, 9.17) is 5.73 Å². The molecule has 0 radical (unpaired) electrons. The van der Waals surface area contributed by atoms with Crippen LogP contribution in [0.3, 0.4) is 0 Å². The first-order valence-corrected chi connectivity index (χ1v) is 6.78. The van der Waals surface area contributed by atoms with Crippen molar-refractivity contribution in [2.75, 3.05) is 31.6 Å².